The van der Waals surface area contributed by atoms with E-state index in [1.165, 1.54) is 10.5 Å². The van der Waals surface area contributed by atoms with Crippen molar-refractivity contribution in [2.24, 2.45) is 5.10 Å². The van der Waals surface area contributed by atoms with Crippen molar-refractivity contribution in [3.63, 3.8) is 0 Å². The first kappa shape index (κ1) is 21.6. The summed E-state index contributed by atoms with van der Waals surface area (Å²) >= 11 is 3.32. The van der Waals surface area contributed by atoms with E-state index in [1.807, 2.05) is 0 Å². The van der Waals surface area contributed by atoms with Crippen LogP contribution in [0.2, 0.25) is 0 Å². The average Bonchev–Trinajstić information content (AvgIpc) is 2.73. The number of hydrazone groups is 1. The van der Waals surface area contributed by atoms with Crippen LogP contribution in [0.1, 0.15) is 37.7 Å². The third kappa shape index (κ3) is 5.94. The summed E-state index contributed by atoms with van der Waals surface area (Å²) < 4.78 is 28.6. The molecule has 0 radical (unpaired) electrons. The molecule has 1 aromatic carbocycles. The SMILES string of the molecule is O=C(CN(C1CCCCC1)S(=O)(=O)c1ccc(Br)cc1)NN=Cc1ccncc1. The molecule has 1 fully saturated rings. The molecule has 1 aliphatic carbocycles. The molecule has 1 heterocycles. The van der Waals surface area contributed by atoms with Gasteiger partial charge in [-0.15, -0.1) is 0 Å². The first-order valence-corrected chi connectivity index (χ1v) is 11.7. The van der Waals surface area contributed by atoms with Crippen molar-refractivity contribution < 1.29 is 13.2 Å². The number of carbonyl (C=O) groups excluding carboxylic acids is 1. The highest BCUT2D eigenvalue weighted by molar-refractivity contribution is 9.10. The molecule has 7 nitrogen and oxygen atoms in total. The zero-order valence-corrected chi connectivity index (χ0v) is 18.3. The minimum Gasteiger partial charge on any atom is -0.272 e. The summed E-state index contributed by atoms with van der Waals surface area (Å²) in [6.45, 7) is -0.267. The molecule has 0 spiro atoms. The van der Waals surface area contributed by atoms with E-state index in [1.54, 1.807) is 48.8 Å². The Morgan fingerprint density at radius 1 is 1.14 bits per heavy atom. The second-order valence-corrected chi connectivity index (χ2v) is 9.68. The van der Waals surface area contributed by atoms with Gasteiger partial charge in [0.05, 0.1) is 17.7 Å². The van der Waals surface area contributed by atoms with Crippen LogP contribution in [0.25, 0.3) is 0 Å². The fourth-order valence-electron chi connectivity index (χ4n) is 3.33. The van der Waals surface area contributed by atoms with Crippen molar-refractivity contribution >= 4 is 38.1 Å². The fraction of sp³-hybridized carbons (Fsp3) is 0.350. The molecule has 29 heavy (non-hydrogen) atoms. The van der Waals surface area contributed by atoms with Crippen molar-refractivity contribution in [3.8, 4) is 0 Å². The molecule has 2 aromatic rings. The van der Waals surface area contributed by atoms with Crippen LogP contribution in [0.5, 0.6) is 0 Å². The second-order valence-electron chi connectivity index (χ2n) is 6.87. The summed E-state index contributed by atoms with van der Waals surface area (Å²) in [5, 5.41) is 3.93. The Balaban J connectivity index is 1.75. The first-order chi connectivity index (χ1) is 14.0. The Bertz CT molecular complexity index is 943. The molecule has 1 N–H and O–H groups in total. The monoisotopic (exact) mass is 478 g/mol. The topological polar surface area (TPSA) is 91.7 Å². The number of hydrogen-bond donors (Lipinski definition) is 1. The van der Waals surface area contributed by atoms with Crippen molar-refractivity contribution in [3.05, 3.63) is 58.8 Å². The van der Waals surface area contributed by atoms with Crippen LogP contribution < -0.4 is 5.43 Å². The average molecular weight is 479 g/mol. The maximum Gasteiger partial charge on any atom is 0.255 e. The lowest BCUT2D eigenvalue weighted by atomic mass is 9.95. The lowest BCUT2D eigenvalue weighted by Gasteiger charge is -2.32. The minimum atomic E-state index is -3.80. The Morgan fingerprint density at radius 2 is 1.79 bits per heavy atom. The molecular formula is C20H23BrN4O3S. The Hall–Kier alpha value is -2.10. The Morgan fingerprint density at radius 3 is 2.45 bits per heavy atom. The van der Waals surface area contributed by atoms with Gasteiger partial charge in [-0.25, -0.2) is 13.8 Å². The highest BCUT2D eigenvalue weighted by Crippen LogP contribution is 2.28. The fourth-order valence-corrected chi connectivity index (χ4v) is 5.23. The maximum atomic E-state index is 13.3. The van der Waals surface area contributed by atoms with E-state index in [4.69, 9.17) is 0 Å². The smallest absolute Gasteiger partial charge is 0.255 e. The molecule has 9 heteroatoms. The van der Waals surface area contributed by atoms with E-state index >= 15 is 0 Å². The van der Waals surface area contributed by atoms with Crippen molar-refractivity contribution in [1.82, 2.24) is 14.7 Å². The van der Waals surface area contributed by atoms with Gasteiger partial charge < -0.3 is 0 Å². The summed E-state index contributed by atoms with van der Waals surface area (Å²) in [5.74, 6) is -0.471. The number of carbonyl (C=O) groups is 1. The Labute approximate surface area is 179 Å². The minimum absolute atomic E-state index is 0.180. The lowest BCUT2D eigenvalue weighted by Crippen LogP contribution is -2.46. The summed E-state index contributed by atoms with van der Waals surface area (Å²) in [5.41, 5.74) is 3.21. The van der Waals surface area contributed by atoms with E-state index in [9.17, 15) is 13.2 Å². The van der Waals surface area contributed by atoms with Gasteiger partial charge in [0.25, 0.3) is 5.91 Å². The highest BCUT2D eigenvalue weighted by atomic mass is 79.9. The number of amides is 1. The van der Waals surface area contributed by atoms with Gasteiger partial charge in [-0.3, -0.25) is 9.78 Å². The van der Waals surface area contributed by atoms with E-state index in [-0.39, 0.29) is 17.5 Å². The molecule has 0 saturated heterocycles. The first-order valence-electron chi connectivity index (χ1n) is 9.46. The van der Waals surface area contributed by atoms with Crippen molar-refractivity contribution in [1.29, 1.82) is 0 Å². The number of rotatable bonds is 7. The molecular weight excluding hydrogens is 456 g/mol. The zero-order valence-electron chi connectivity index (χ0n) is 15.9. The van der Waals surface area contributed by atoms with Gasteiger partial charge in [0.1, 0.15) is 0 Å². The van der Waals surface area contributed by atoms with Crippen LogP contribution in [0.3, 0.4) is 0 Å². The van der Waals surface area contributed by atoms with E-state index < -0.39 is 15.9 Å². The third-order valence-electron chi connectivity index (χ3n) is 4.81. The van der Waals surface area contributed by atoms with Gasteiger partial charge in [-0.1, -0.05) is 35.2 Å². The molecule has 0 unspecified atom stereocenters. The number of sulfonamides is 1. The number of pyridine rings is 1. The van der Waals surface area contributed by atoms with Crippen molar-refractivity contribution in [2.75, 3.05) is 6.54 Å². The Kier molecular flexibility index (Phi) is 7.51. The molecule has 1 amide bonds. The maximum absolute atomic E-state index is 13.3. The van der Waals surface area contributed by atoms with Gasteiger partial charge in [-0.05, 0) is 54.8 Å². The van der Waals surface area contributed by atoms with Crippen LogP contribution >= 0.6 is 15.9 Å². The van der Waals surface area contributed by atoms with E-state index in [2.05, 4.69) is 31.4 Å². The predicted molar refractivity (Wildman–Crippen MR) is 115 cm³/mol. The largest absolute Gasteiger partial charge is 0.272 e. The number of aromatic nitrogens is 1. The van der Waals surface area contributed by atoms with Crippen LogP contribution in [0.15, 0.2) is 63.3 Å². The van der Waals surface area contributed by atoms with Crippen LogP contribution in [-0.2, 0) is 14.8 Å². The summed E-state index contributed by atoms with van der Waals surface area (Å²) in [4.78, 5) is 16.6. The standard InChI is InChI=1S/C20H23BrN4O3S/c21-17-6-8-19(9-7-17)29(27,28)25(18-4-2-1-3-5-18)15-20(26)24-23-14-16-10-12-22-13-11-16/h6-14,18H,1-5,15H2,(H,24,26). The predicted octanol–water partition coefficient (Wildman–Crippen LogP) is 3.32. The van der Waals surface area contributed by atoms with Gasteiger partial charge in [-0.2, -0.15) is 9.41 Å². The molecule has 1 aliphatic rings. The normalized spacial score (nSPS) is 15.7. The number of benzene rings is 1. The summed E-state index contributed by atoms with van der Waals surface area (Å²) in [6, 6.07) is 9.79. The molecule has 1 saturated carbocycles. The van der Waals surface area contributed by atoms with Crippen LogP contribution in [0.4, 0.5) is 0 Å². The number of nitrogens with one attached hydrogen (secondary N) is 1. The van der Waals surface area contributed by atoms with E-state index in [0.29, 0.717) is 0 Å². The van der Waals surface area contributed by atoms with Gasteiger partial charge >= 0.3 is 0 Å². The quantitative estimate of drug-likeness (QED) is 0.487. The summed E-state index contributed by atoms with van der Waals surface area (Å²) in [7, 11) is -3.80. The molecule has 154 valence electrons. The van der Waals surface area contributed by atoms with E-state index in [0.717, 1.165) is 42.1 Å². The zero-order chi connectivity index (χ0) is 20.7. The third-order valence-corrected chi connectivity index (χ3v) is 7.25. The number of halogens is 1. The second kappa shape index (κ2) is 10.1. The summed E-state index contributed by atoms with van der Waals surface area (Å²) in [6.07, 6.45) is 9.25. The number of nitrogens with zero attached hydrogens (tertiary/aromatic N) is 3. The molecule has 0 aliphatic heterocycles. The lowest BCUT2D eigenvalue weighted by molar-refractivity contribution is -0.121. The van der Waals surface area contributed by atoms with Crippen LogP contribution in [0, 0.1) is 0 Å². The number of hydrogen-bond acceptors (Lipinski definition) is 5. The van der Waals surface area contributed by atoms with Crippen LogP contribution in [-0.4, -0.2) is 42.4 Å². The molecule has 3 rings (SSSR count). The van der Waals surface area contributed by atoms with Crippen molar-refractivity contribution in [2.45, 2.75) is 43.0 Å². The molecule has 1 aromatic heterocycles. The molecule has 0 atom stereocenters. The van der Waals surface area contributed by atoms with Gasteiger partial charge in [0.15, 0.2) is 0 Å². The molecule has 0 bridgehead atoms. The van der Waals surface area contributed by atoms with Gasteiger partial charge in [0.2, 0.25) is 10.0 Å². The highest BCUT2D eigenvalue weighted by Gasteiger charge is 2.33. The van der Waals surface area contributed by atoms with Gasteiger partial charge in [0, 0.05) is 22.9 Å².